The van der Waals surface area contributed by atoms with Gasteiger partial charge in [-0.2, -0.15) is 0 Å². The fourth-order valence-corrected chi connectivity index (χ4v) is 3.65. The van der Waals surface area contributed by atoms with Gasteiger partial charge in [-0.05, 0) is 6.07 Å². The van der Waals surface area contributed by atoms with Crippen molar-refractivity contribution in [3.05, 3.63) is 41.8 Å². The van der Waals surface area contributed by atoms with Crippen LogP contribution in [0.25, 0.3) is 17.0 Å². The minimum atomic E-state index is -1.90. The van der Waals surface area contributed by atoms with Crippen LogP contribution >= 0.6 is 0 Å². The number of nitrogens with one attached hydrogen (secondary N) is 1. The lowest BCUT2D eigenvalue weighted by Crippen LogP contribution is -2.62. The van der Waals surface area contributed by atoms with E-state index in [1.54, 1.807) is 19.9 Å². The largest absolute Gasteiger partial charge is 0.478 e. The maximum atomic E-state index is 12.4. The van der Waals surface area contributed by atoms with Crippen LogP contribution in [0, 0.1) is 5.92 Å². The van der Waals surface area contributed by atoms with Gasteiger partial charge in [-0.15, -0.1) is 5.10 Å². The number of ether oxygens (including phenoxy) is 1. The molecule has 1 aliphatic rings. The molecule has 1 amide bonds. The number of carboxylic acid groups (broad SMARTS) is 2. The lowest BCUT2D eigenvalue weighted by Gasteiger charge is -2.40. The highest BCUT2D eigenvalue weighted by Gasteiger charge is 2.48. The van der Waals surface area contributed by atoms with Gasteiger partial charge < -0.3 is 40.7 Å². The number of carbonyl (C=O) groups is 3. The van der Waals surface area contributed by atoms with E-state index in [0.717, 1.165) is 4.68 Å². The van der Waals surface area contributed by atoms with Crippen molar-refractivity contribution >= 4 is 23.5 Å². The fraction of sp³-hybridized carbons (Fsp3) is 0.409. The molecule has 3 rings (SSSR count). The summed E-state index contributed by atoms with van der Waals surface area (Å²) in [4.78, 5) is 36.0. The van der Waals surface area contributed by atoms with Crippen molar-refractivity contribution in [3.8, 4) is 11.3 Å². The minimum absolute atomic E-state index is 0.0399. The third-order valence-corrected chi connectivity index (χ3v) is 5.58. The van der Waals surface area contributed by atoms with E-state index in [0.29, 0.717) is 0 Å². The van der Waals surface area contributed by atoms with Crippen LogP contribution in [-0.4, -0.2) is 101 Å². The lowest BCUT2D eigenvalue weighted by atomic mass is 9.91. The summed E-state index contributed by atoms with van der Waals surface area (Å²) in [5, 5.41) is 70.2. The maximum absolute atomic E-state index is 12.4. The zero-order chi connectivity index (χ0) is 26.7. The minimum Gasteiger partial charge on any atom is -0.478 e. The lowest BCUT2D eigenvalue weighted by molar-refractivity contribution is -0.149. The first-order valence-corrected chi connectivity index (χ1v) is 10.8. The van der Waals surface area contributed by atoms with Crippen molar-refractivity contribution in [2.75, 3.05) is 6.61 Å². The van der Waals surface area contributed by atoms with E-state index >= 15 is 0 Å². The van der Waals surface area contributed by atoms with Gasteiger partial charge in [0.15, 0.2) is 6.10 Å². The van der Waals surface area contributed by atoms with Crippen molar-refractivity contribution in [1.82, 2.24) is 20.3 Å². The van der Waals surface area contributed by atoms with Gasteiger partial charge in [0.1, 0.15) is 35.7 Å². The van der Waals surface area contributed by atoms with Crippen molar-refractivity contribution < 1.29 is 49.8 Å². The highest BCUT2D eigenvalue weighted by atomic mass is 16.5. The first kappa shape index (κ1) is 26.7. The summed E-state index contributed by atoms with van der Waals surface area (Å²) in [5.74, 6) is -4.92. The molecule has 0 unspecified atom stereocenters. The Bertz CT molecular complexity index is 1180. The molecule has 7 N–H and O–H groups in total. The van der Waals surface area contributed by atoms with Gasteiger partial charge in [0.25, 0.3) is 0 Å². The number of amides is 1. The fourth-order valence-electron chi connectivity index (χ4n) is 3.65. The van der Waals surface area contributed by atoms with Gasteiger partial charge in [-0.3, -0.25) is 4.79 Å². The molecule has 2 aromatic rings. The molecule has 36 heavy (non-hydrogen) atoms. The Morgan fingerprint density at radius 3 is 2.39 bits per heavy atom. The summed E-state index contributed by atoms with van der Waals surface area (Å²) in [7, 11) is 0. The molecule has 1 aromatic carbocycles. The number of rotatable bonds is 9. The third-order valence-electron chi connectivity index (χ3n) is 5.58. The number of hydrogen-bond acceptors (Lipinski definition) is 10. The van der Waals surface area contributed by atoms with Crippen LogP contribution in [0.1, 0.15) is 24.2 Å². The SMILES string of the molecule is CC(C)C(=O)N[C@H]1[C@H]([C@H](O)[C@H](O)CO)OC(C(=O)O)=C(n2cc(-c3ccccc3C(=O)O)nn2)[C@@H]1O. The quantitative estimate of drug-likeness (QED) is 0.207. The summed E-state index contributed by atoms with van der Waals surface area (Å²) in [6, 6.07) is 4.40. The second kappa shape index (κ2) is 10.8. The standard InChI is InChI=1S/C22H26N4O10/c1-9(2)20(31)23-14-17(30)15(19(22(34)35)36-18(14)16(29)13(28)8-27)26-7-12(24-25-26)10-5-3-4-6-11(10)21(32)33/h3-7,9,13-14,16-18,27-30H,8H2,1-2H3,(H,23,31)(H,32,33)(H,34,35)/t13-,14-,16-,17-,18-/m1/s1. The number of carbonyl (C=O) groups excluding carboxylic acids is 1. The van der Waals surface area contributed by atoms with Crippen molar-refractivity contribution in [1.29, 1.82) is 0 Å². The molecule has 1 aromatic heterocycles. The molecule has 0 saturated carbocycles. The van der Waals surface area contributed by atoms with E-state index < -0.39 is 72.3 Å². The van der Waals surface area contributed by atoms with Crippen molar-refractivity contribution in [3.63, 3.8) is 0 Å². The first-order valence-electron chi connectivity index (χ1n) is 10.8. The smallest absolute Gasteiger partial charge is 0.373 e. The van der Waals surface area contributed by atoms with E-state index in [1.165, 1.54) is 24.4 Å². The molecule has 5 atom stereocenters. The third kappa shape index (κ3) is 5.21. The normalized spacial score (nSPS) is 21.6. The molecule has 0 bridgehead atoms. The van der Waals surface area contributed by atoms with Crippen LogP contribution in [0.15, 0.2) is 36.2 Å². The van der Waals surface area contributed by atoms with E-state index in [2.05, 4.69) is 15.6 Å². The highest BCUT2D eigenvalue weighted by Crippen LogP contribution is 2.32. The molecule has 0 fully saturated rings. The van der Waals surface area contributed by atoms with E-state index in [-0.39, 0.29) is 16.8 Å². The van der Waals surface area contributed by atoms with Crippen LogP contribution in [0.5, 0.6) is 0 Å². The summed E-state index contributed by atoms with van der Waals surface area (Å²) in [6.07, 6.45) is -6.01. The monoisotopic (exact) mass is 506 g/mol. The topological polar surface area (TPSA) is 225 Å². The van der Waals surface area contributed by atoms with Crippen LogP contribution in [-0.2, 0) is 14.3 Å². The van der Waals surface area contributed by atoms with Gasteiger partial charge in [-0.25, -0.2) is 14.3 Å². The van der Waals surface area contributed by atoms with E-state index in [4.69, 9.17) is 4.74 Å². The molecule has 0 spiro atoms. The average Bonchev–Trinajstić information content (AvgIpc) is 3.33. The number of aliphatic hydroxyl groups is 4. The molecule has 194 valence electrons. The Morgan fingerprint density at radius 2 is 1.81 bits per heavy atom. The van der Waals surface area contributed by atoms with Crippen LogP contribution in [0.2, 0.25) is 0 Å². The Kier molecular flexibility index (Phi) is 8.04. The van der Waals surface area contributed by atoms with Gasteiger partial charge in [0, 0.05) is 11.5 Å². The molecule has 0 saturated heterocycles. The predicted molar refractivity (Wildman–Crippen MR) is 120 cm³/mol. The second-order valence-electron chi connectivity index (χ2n) is 8.38. The molecule has 2 heterocycles. The number of aliphatic hydroxyl groups excluding tert-OH is 4. The van der Waals surface area contributed by atoms with Gasteiger partial charge in [0.2, 0.25) is 11.7 Å². The molecule has 14 nitrogen and oxygen atoms in total. The Balaban J connectivity index is 2.12. The average molecular weight is 506 g/mol. The van der Waals surface area contributed by atoms with Gasteiger partial charge in [-0.1, -0.05) is 37.3 Å². The highest BCUT2D eigenvalue weighted by molar-refractivity contribution is 5.95. The molecule has 1 aliphatic heterocycles. The molecule has 0 radical (unpaired) electrons. The second-order valence-corrected chi connectivity index (χ2v) is 8.38. The Labute approximate surface area is 204 Å². The first-order chi connectivity index (χ1) is 17.0. The zero-order valence-electron chi connectivity index (χ0n) is 19.2. The van der Waals surface area contributed by atoms with Crippen LogP contribution < -0.4 is 5.32 Å². The number of nitrogens with zero attached hydrogens (tertiary/aromatic N) is 3. The number of aromatic carboxylic acids is 1. The number of aromatic nitrogens is 3. The summed E-state index contributed by atoms with van der Waals surface area (Å²) >= 11 is 0. The Morgan fingerprint density at radius 1 is 1.14 bits per heavy atom. The predicted octanol–water partition coefficient (Wildman–Crippen LogP) is -1.49. The number of benzene rings is 1. The summed E-state index contributed by atoms with van der Waals surface area (Å²) in [6.45, 7) is 2.21. The maximum Gasteiger partial charge on any atom is 0.373 e. The molecule has 0 aliphatic carbocycles. The van der Waals surface area contributed by atoms with E-state index in [9.17, 15) is 45.0 Å². The van der Waals surface area contributed by atoms with Crippen LogP contribution in [0.3, 0.4) is 0 Å². The molecular weight excluding hydrogens is 480 g/mol. The Hall–Kier alpha value is -3.85. The summed E-state index contributed by atoms with van der Waals surface area (Å²) in [5.41, 5.74) is -0.354. The molecule has 14 heteroatoms. The number of hydrogen-bond donors (Lipinski definition) is 7. The zero-order valence-corrected chi connectivity index (χ0v) is 19.2. The summed E-state index contributed by atoms with van der Waals surface area (Å²) < 4.78 is 6.30. The van der Waals surface area contributed by atoms with Crippen LogP contribution in [0.4, 0.5) is 0 Å². The molecular formula is C22H26N4O10. The number of carboxylic acids is 2. The van der Waals surface area contributed by atoms with Gasteiger partial charge >= 0.3 is 11.9 Å². The van der Waals surface area contributed by atoms with E-state index in [1.807, 2.05) is 0 Å². The van der Waals surface area contributed by atoms with Gasteiger partial charge in [0.05, 0.1) is 18.4 Å². The van der Waals surface area contributed by atoms with Crippen molar-refractivity contribution in [2.45, 2.75) is 44.3 Å². The van der Waals surface area contributed by atoms with Crippen molar-refractivity contribution in [2.24, 2.45) is 5.92 Å². The number of aliphatic carboxylic acids is 1.